The van der Waals surface area contributed by atoms with Gasteiger partial charge in [-0.15, -0.1) is 0 Å². The van der Waals surface area contributed by atoms with Crippen LogP contribution in [0.25, 0.3) is 0 Å². The number of hydrogen-bond donors (Lipinski definition) is 1. The molecule has 8 heteroatoms. The van der Waals surface area contributed by atoms with E-state index in [1.54, 1.807) is 0 Å². The van der Waals surface area contributed by atoms with E-state index in [-0.39, 0.29) is 6.04 Å². The van der Waals surface area contributed by atoms with E-state index in [2.05, 4.69) is 20.3 Å². The zero-order valence-electron chi connectivity index (χ0n) is 12.7. The highest BCUT2D eigenvalue weighted by atomic mass is 32.2. The van der Waals surface area contributed by atoms with Crippen LogP contribution >= 0.6 is 0 Å². The van der Waals surface area contributed by atoms with Crippen molar-refractivity contribution in [3.05, 3.63) is 29.4 Å². The standard InChI is InChI=1S/C14H20N4O3S/c1-10-7-11(17-21-10)9-18-6-4-3-5-12(18)14-13(8-15-16-14)22(2,19)20/h7-8,12H,3-6,9H2,1-2H3,(H,15,16)/t12-/m0/s1. The van der Waals surface area contributed by atoms with Crippen LogP contribution in [-0.2, 0) is 16.4 Å². The van der Waals surface area contributed by atoms with Crippen molar-refractivity contribution in [1.29, 1.82) is 0 Å². The van der Waals surface area contributed by atoms with Crippen LogP contribution in [0.15, 0.2) is 21.7 Å². The van der Waals surface area contributed by atoms with Gasteiger partial charge in [0.1, 0.15) is 10.7 Å². The molecule has 7 nitrogen and oxygen atoms in total. The lowest BCUT2D eigenvalue weighted by atomic mass is 9.99. The number of likely N-dealkylation sites (tertiary alicyclic amines) is 1. The first-order valence-electron chi connectivity index (χ1n) is 7.34. The molecular weight excluding hydrogens is 304 g/mol. The third-order valence-corrected chi connectivity index (χ3v) is 5.14. The maximum absolute atomic E-state index is 11.9. The predicted molar refractivity (Wildman–Crippen MR) is 79.9 cm³/mol. The number of sulfone groups is 1. The Bertz CT molecular complexity index is 750. The Kier molecular flexibility index (Phi) is 4.05. The highest BCUT2D eigenvalue weighted by Gasteiger charge is 2.30. The topological polar surface area (TPSA) is 92.1 Å². The summed E-state index contributed by atoms with van der Waals surface area (Å²) >= 11 is 0. The minimum absolute atomic E-state index is 0.0120. The van der Waals surface area contributed by atoms with Crippen LogP contribution in [0, 0.1) is 6.92 Å². The van der Waals surface area contributed by atoms with Gasteiger partial charge in [-0.2, -0.15) is 5.10 Å². The first-order valence-corrected chi connectivity index (χ1v) is 9.24. The third-order valence-electron chi connectivity index (χ3n) is 4.02. The molecule has 0 unspecified atom stereocenters. The summed E-state index contributed by atoms with van der Waals surface area (Å²) in [4.78, 5) is 2.53. The zero-order chi connectivity index (χ0) is 15.7. The second kappa shape index (κ2) is 5.85. The van der Waals surface area contributed by atoms with E-state index in [9.17, 15) is 8.42 Å². The lowest BCUT2D eigenvalue weighted by Crippen LogP contribution is -2.34. The maximum Gasteiger partial charge on any atom is 0.178 e. The fraction of sp³-hybridized carbons (Fsp3) is 0.571. The number of rotatable bonds is 4. The average molecular weight is 324 g/mol. The molecule has 3 heterocycles. The molecular formula is C14H20N4O3S. The number of aromatic nitrogens is 3. The SMILES string of the molecule is Cc1cc(CN2CCCC[C@H]2c2[nH]ncc2S(C)(=O)=O)no1. The number of aryl methyl sites for hydroxylation is 1. The van der Waals surface area contributed by atoms with Crippen LogP contribution in [0.1, 0.15) is 42.5 Å². The van der Waals surface area contributed by atoms with Crippen LogP contribution in [0.5, 0.6) is 0 Å². The zero-order valence-corrected chi connectivity index (χ0v) is 13.6. The molecule has 0 radical (unpaired) electrons. The van der Waals surface area contributed by atoms with Gasteiger partial charge in [-0.05, 0) is 26.3 Å². The largest absolute Gasteiger partial charge is 0.361 e. The summed E-state index contributed by atoms with van der Waals surface area (Å²) in [5.74, 6) is 0.780. The lowest BCUT2D eigenvalue weighted by Gasteiger charge is -2.34. The monoisotopic (exact) mass is 324 g/mol. The van der Waals surface area contributed by atoms with Gasteiger partial charge in [0.05, 0.1) is 23.6 Å². The van der Waals surface area contributed by atoms with Crippen molar-refractivity contribution in [3.8, 4) is 0 Å². The van der Waals surface area contributed by atoms with Gasteiger partial charge in [0.25, 0.3) is 0 Å². The first-order chi connectivity index (χ1) is 10.4. The van der Waals surface area contributed by atoms with Crippen molar-refractivity contribution >= 4 is 9.84 Å². The Morgan fingerprint density at radius 2 is 2.27 bits per heavy atom. The van der Waals surface area contributed by atoms with Crippen molar-refractivity contribution in [3.63, 3.8) is 0 Å². The Morgan fingerprint density at radius 3 is 2.95 bits per heavy atom. The summed E-state index contributed by atoms with van der Waals surface area (Å²) in [6.07, 6.45) is 5.69. The smallest absolute Gasteiger partial charge is 0.178 e. The Balaban J connectivity index is 1.88. The molecule has 0 spiro atoms. The number of piperidine rings is 1. The van der Waals surface area contributed by atoms with E-state index >= 15 is 0 Å². The molecule has 1 fully saturated rings. The molecule has 1 atom stereocenters. The molecule has 0 bridgehead atoms. The van der Waals surface area contributed by atoms with E-state index in [0.29, 0.717) is 17.1 Å². The van der Waals surface area contributed by atoms with Gasteiger partial charge in [0.15, 0.2) is 9.84 Å². The van der Waals surface area contributed by atoms with Gasteiger partial charge in [-0.3, -0.25) is 10.00 Å². The van der Waals surface area contributed by atoms with Gasteiger partial charge < -0.3 is 4.52 Å². The summed E-state index contributed by atoms with van der Waals surface area (Å²) in [5.41, 5.74) is 1.55. The molecule has 1 N–H and O–H groups in total. The Hall–Kier alpha value is -1.67. The van der Waals surface area contributed by atoms with E-state index in [1.165, 1.54) is 12.5 Å². The Morgan fingerprint density at radius 1 is 1.45 bits per heavy atom. The number of hydrogen-bond acceptors (Lipinski definition) is 6. The van der Waals surface area contributed by atoms with Gasteiger partial charge in [-0.1, -0.05) is 11.6 Å². The van der Waals surface area contributed by atoms with E-state index in [0.717, 1.165) is 37.3 Å². The second-order valence-corrected chi connectivity index (χ2v) is 7.82. The van der Waals surface area contributed by atoms with Gasteiger partial charge in [0.2, 0.25) is 0 Å². The predicted octanol–water partition coefficient (Wildman–Crippen LogP) is 1.84. The van der Waals surface area contributed by atoms with Gasteiger partial charge in [-0.25, -0.2) is 8.42 Å². The fourth-order valence-electron chi connectivity index (χ4n) is 3.03. The van der Waals surface area contributed by atoms with Crippen LogP contribution in [0.4, 0.5) is 0 Å². The highest BCUT2D eigenvalue weighted by Crippen LogP contribution is 2.34. The number of nitrogens with zero attached hydrogens (tertiary/aromatic N) is 3. The minimum Gasteiger partial charge on any atom is -0.361 e. The molecule has 2 aromatic rings. The molecule has 120 valence electrons. The van der Waals surface area contributed by atoms with E-state index in [4.69, 9.17) is 4.52 Å². The van der Waals surface area contributed by atoms with Crippen LogP contribution in [-0.4, -0.2) is 41.5 Å². The second-order valence-electron chi connectivity index (χ2n) is 5.83. The molecule has 2 aromatic heterocycles. The average Bonchev–Trinajstić information content (AvgIpc) is 3.08. The highest BCUT2D eigenvalue weighted by molar-refractivity contribution is 7.90. The number of aromatic amines is 1. The summed E-state index contributed by atoms with van der Waals surface area (Å²) in [6.45, 7) is 3.41. The van der Waals surface area contributed by atoms with Gasteiger partial charge >= 0.3 is 0 Å². The molecule has 0 aliphatic carbocycles. The van der Waals surface area contributed by atoms with Crippen molar-refractivity contribution in [2.45, 2.75) is 43.7 Å². The minimum atomic E-state index is -3.29. The molecule has 3 rings (SSSR count). The molecule has 1 aliphatic rings. The van der Waals surface area contributed by atoms with Crippen LogP contribution < -0.4 is 0 Å². The summed E-state index contributed by atoms with van der Waals surface area (Å²) in [5, 5.41) is 10.9. The van der Waals surface area contributed by atoms with Crippen molar-refractivity contribution in [1.82, 2.24) is 20.3 Å². The molecule has 1 aliphatic heterocycles. The molecule has 22 heavy (non-hydrogen) atoms. The quantitative estimate of drug-likeness (QED) is 0.922. The summed E-state index contributed by atoms with van der Waals surface area (Å²) in [6, 6.07) is 1.92. The van der Waals surface area contributed by atoms with E-state index in [1.807, 2.05) is 13.0 Å². The molecule has 1 saturated heterocycles. The number of nitrogens with one attached hydrogen (secondary N) is 1. The van der Waals surface area contributed by atoms with E-state index < -0.39 is 9.84 Å². The van der Waals surface area contributed by atoms with Crippen LogP contribution in [0.3, 0.4) is 0 Å². The summed E-state index contributed by atoms with van der Waals surface area (Å²) < 4.78 is 29.0. The van der Waals surface area contributed by atoms with Crippen molar-refractivity contribution < 1.29 is 12.9 Å². The lowest BCUT2D eigenvalue weighted by molar-refractivity contribution is 0.131. The molecule has 0 amide bonds. The molecule has 0 saturated carbocycles. The van der Waals surface area contributed by atoms with Gasteiger partial charge in [0, 0.05) is 18.9 Å². The fourth-order valence-corrected chi connectivity index (χ4v) is 3.85. The third kappa shape index (κ3) is 3.07. The maximum atomic E-state index is 11.9. The molecule has 0 aromatic carbocycles. The van der Waals surface area contributed by atoms with Crippen molar-refractivity contribution in [2.75, 3.05) is 12.8 Å². The Labute approximate surface area is 129 Å². The first kappa shape index (κ1) is 15.2. The normalized spacial score (nSPS) is 20.4. The number of H-pyrrole nitrogens is 1. The van der Waals surface area contributed by atoms with Crippen molar-refractivity contribution in [2.24, 2.45) is 0 Å². The summed E-state index contributed by atoms with van der Waals surface area (Å²) in [7, 11) is -3.29. The van der Waals surface area contributed by atoms with Crippen LogP contribution in [0.2, 0.25) is 0 Å².